The molecule has 1 aliphatic rings. The maximum atomic E-state index is 13.0. The van der Waals surface area contributed by atoms with Gasteiger partial charge in [0.15, 0.2) is 5.13 Å². The molecule has 4 heterocycles. The average molecular weight is 623 g/mol. The molecule has 11 nitrogen and oxygen atoms in total. The van der Waals surface area contributed by atoms with Crippen LogP contribution >= 0.6 is 11.3 Å². The van der Waals surface area contributed by atoms with Crippen LogP contribution in [0, 0.1) is 19.8 Å². The van der Waals surface area contributed by atoms with Gasteiger partial charge in [-0.1, -0.05) is 37.3 Å². The van der Waals surface area contributed by atoms with Crippen molar-refractivity contribution < 1.29 is 14.3 Å². The van der Waals surface area contributed by atoms with Crippen molar-refractivity contribution in [3.63, 3.8) is 0 Å². The first-order chi connectivity index (χ1) is 21.7. The zero-order valence-corrected chi connectivity index (χ0v) is 26.4. The molecule has 2 aromatic carbocycles. The molecule has 0 radical (unpaired) electrons. The molecule has 0 bridgehead atoms. The van der Waals surface area contributed by atoms with Gasteiger partial charge >= 0.3 is 12.0 Å². The van der Waals surface area contributed by atoms with E-state index in [0.717, 1.165) is 57.5 Å². The minimum atomic E-state index is -0.439. The highest BCUT2D eigenvalue weighted by Crippen LogP contribution is 2.34. The number of hydrogen-bond donors (Lipinski definition) is 2. The Hall–Kier alpha value is -5.10. The Bertz CT molecular complexity index is 1830. The first-order valence-electron chi connectivity index (χ1n) is 14.8. The Morgan fingerprint density at radius 1 is 1.00 bits per heavy atom. The van der Waals surface area contributed by atoms with Crippen molar-refractivity contribution in [3.8, 4) is 27.9 Å². The molecule has 0 spiro atoms. The number of anilines is 3. The lowest BCUT2D eigenvalue weighted by Gasteiger charge is -2.12. The molecular weight excluding hydrogens is 588 g/mol. The van der Waals surface area contributed by atoms with Gasteiger partial charge in [-0.15, -0.1) is 0 Å². The van der Waals surface area contributed by atoms with Crippen molar-refractivity contribution in [3.05, 3.63) is 83.9 Å². The highest BCUT2D eigenvalue weighted by Gasteiger charge is 2.24. The molecule has 0 aliphatic carbocycles. The molecule has 230 valence electrons. The molecule has 1 aliphatic heterocycles. The number of nitrogens with zero attached hydrogens (tertiary/aromatic N) is 6. The Balaban J connectivity index is 1.08. The molecule has 0 unspecified atom stereocenters. The minimum absolute atomic E-state index is 0.123. The van der Waals surface area contributed by atoms with Crippen molar-refractivity contribution in [2.24, 2.45) is 5.92 Å². The molecule has 5 aromatic rings. The standard InChI is InChI=1S/C33H34N8O3S/c1-20(2)14-24-16-29(41(39-24)27-15-21(3)7-8-22(27)4)38-31(43)37-25-17-34-32(35-18-25)44-26-11-9-23(10-12-26)28-19-36-33(45-28)40-13-5-6-30(40)42/h7-12,15-20H,5-6,13-14H2,1-4H3,(H2,37,38,43). The summed E-state index contributed by atoms with van der Waals surface area (Å²) >= 11 is 1.49. The number of nitrogens with one attached hydrogen (secondary N) is 2. The normalized spacial score (nSPS) is 13.0. The van der Waals surface area contributed by atoms with Crippen molar-refractivity contribution >= 4 is 39.9 Å². The zero-order chi connectivity index (χ0) is 31.5. The summed E-state index contributed by atoms with van der Waals surface area (Å²) < 4.78 is 7.60. The molecule has 2 N–H and O–H groups in total. The monoisotopic (exact) mass is 622 g/mol. The number of ether oxygens (including phenoxy) is 1. The van der Waals surface area contributed by atoms with Crippen LogP contribution in [0.4, 0.5) is 21.4 Å². The van der Waals surface area contributed by atoms with Gasteiger partial charge in [0.2, 0.25) is 5.91 Å². The largest absolute Gasteiger partial charge is 0.424 e. The van der Waals surface area contributed by atoms with E-state index < -0.39 is 6.03 Å². The molecule has 1 fully saturated rings. The summed E-state index contributed by atoms with van der Waals surface area (Å²) in [5.41, 5.74) is 5.34. The van der Waals surface area contributed by atoms with E-state index in [0.29, 0.717) is 29.6 Å². The van der Waals surface area contributed by atoms with Gasteiger partial charge < -0.3 is 10.1 Å². The molecule has 1 saturated heterocycles. The predicted octanol–water partition coefficient (Wildman–Crippen LogP) is 7.16. The Kier molecular flexibility index (Phi) is 8.56. The zero-order valence-electron chi connectivity index (χ0n) is 25.6. The molecule has 0 atom stereocenters. The topological polar surface area (TPSA) is 127 Å². The van der Waals surface area contributed by atoms with E-state index in [9.17, 15) is 9.59 Å². The van der Waals surface area contributed by atoms with Crippen LogP contribution in [0.5, 0.6) is 11.8 Å². The van der Waals surface area contributed by atoms with Crippen molar-refractivity contribution in [2.45, 2.75) is 47.0 Å². The number of amides is 3. The van der Waals surface area contributed by atoms with E-state index in [1.807, 2.05) is 50.2 Å². The predicted molar refractivity (Wildman–Crippen MR) is 175 cm³/mol. The van der Waals surface area contributed by atoms with Gasteiger partial charge in [0.05, 0.1) is 34.3 Å². The number of urea groups is 1. The summed E-state index contributed by atoms with van der Waals surface area (Å²) in [6.07, 6.45) is 7.00. The van der Waals surface area contributed by atoms with E-state index in [2.05, 4.69) is 51.6 Å². The third-order valence-corrected chi connectivity index (χ3v) is 8.31. The van der Waals surface area contributed by atoms with Crippen LogP contribution in [0.3, 0.4) is 0 Å². The number of benzene rings is 2. The first-order valence-corrected chi connectivity index (χ1v) is 15.6. The van der Waals surface area contributed by atoms with Crippen LogP contribution in [0.15, 0.2) is 67.1 Å². The number of aryl methyl sites for hydroxylation is 2. The average Bonchev–Trinajstić information content (AvgIpc) is 3.76. The summed E-state index contributed by atoms with van der Waals surface area (Å²) in [7, 11) is 0. The number of hydrogen-bond acceptors (Lipinski definition) is 8. The van der Waals surface area contributed by atoms with Crippen molar-refractivity contribution in [1.29, 1.82) is 0 Å². The number of thiazole rings is 1. The van der Waals surface area contributed by atoms with Crippen molar-refractivity contribution in [1.82, 2.24) is 24.7 Å². The van der Waals surface area contributed by atoms with Gasteiger partial charge in [0.25, 0.3) is 0 Å². The fourth-order valence-corrected chi connectivity index (χ4v) is 6.01. The summed E-state index contributed by atoms with van der Waals surface area (Å²) in [6, 6.07) is 15.3. The highest BCUT2D eigenvalue weighted by atomic mass is 32.1. The van der Waals surface area contributed by atoms with E-state index in [1.165, 1.54) is 23.7 Å². The maximum absolute atomic E-state index is 13.0. The molecule has 12 heteroatoms. The van der Waals surface area contributed by atoms with Crippen LogP contribution in [-0.4, -0.2) is 43.2 Å². The van der Waals surface area contributed by atoms with Gasteiger partial charge in [0.1, 0.15) is 11.6 Å². The van der Waals surface area contributed by atoms with Crippen LogP contribution in [-0.2, 0) is 11.2 Å². The van der Waals surface area contributed by atoms with Gasteiger partial charge in [0, 0.05) is 25.2 Å². The number of carbonyl (C=O) groups is 2. The van der Waals surface area contributed by atoms with Crippen molar-refractivity contribution in [2.75, 3.05) is 22.1 Å². The third kappa shape index (κ3) is 7.01. The molecule has 6 rings (SSSR count). The number of rotatable bonds is 9. The minimum Gasteiger partial charge on any atom is -0.424 e. The first kappa shape index (κ1) is 29.9. The molecular formula is C33H34N8O3S. The van der Waals surface area contributed by atoms with Gasteiger partial charge in [-0.05, 0) is 79.6 Å². The lowest BCUT2D eigenvalue weighted by molar-refractivity contribution is -0.117. The summed E-state index contributed by atoms with van der Waals surface area (Å²) in [5, 5.41) is 11.2. The highest BCUT2D eigenvalue weighted by molar-refractivity contribution is 7.19. The second kappa shape index (κ2) is 12.9. The third-order valence-electron chi connectivity index (χ3n) is 7.24. The van der Waals surface area contributed by atoms with Gasteiger partial charge in [-0.3, -0.25) is 15.0 Å². The van der Waals surface area contributed by atoms with Gasteiger partial charge in [-0.2, -0.15) is 5.10 Å². The molecule has 0 saturated carbocycles. The summed E-state index contributed by atoms with van der Waals surface area (Å²) in [5.74, 6) is 1.68. The van der Waals surface area contributed by atoms with E-state index in [1.54, 1.807) is 15.8 Å². The van der Waals surface area contributed by atoms with Crippen LogP contribution in [0.25, 0.3) is 16.1 Å². The fourth-order valence-electron chi connectivity index (χ4n) is 5.05. The fraction of sp³-hybridized carbons (Fsp3) is 0.273. The number of carbonyl (C=O) groups excluding carboxylic acids is 2. The van der Waals surface area contributed by atoms with Crippen LogP contribution in [0.1, 0.15) is 43.5 Å². The maximum Gasteiger partial charge on any atom is 0.324 e. The van der Waals surface area contributed by atoms with E-state index in [-0.39, 0.29) is 11.9 Å². The SMILES string of the molecule is Cc1ccc(C)c(-n2nc(CC(C)C)cc2NC(=O)Nc2cnc(Oc3ccc(-c4cnc(N5CCCC5=O)s4)cc3)nc2)c1. The molecule has 45 heavy (non-hydrogen) atoms. The quantitative estimate of drug-likeness (QED) is 0.178. The van der Waals surface area contributed by atoms with E-state index >= 15 is 0 Å². The second-order valence-electron chi connectivity index (χ2n) is 11.4. The summed E-state index contributed by atoms with van der Waals surface area (Å²) in [6.45, 7) is 9.04. The lowest BCUT2D eigenvalue weighted by Crippen LogP contribution is -2.23. The molecule has 3 aromatic heterocycles. The van der Waals surface area contributed by atoms with Crippen LogP contribution < -0.4 is 20.3 Å². The molecule has 3 amide bonds. The Labute approximate surface area is 265 Å². The smallest absolute Gasteiger partial charge is 0.324 e. The van der Waals surface area contributed by atoms with E-state index in [4.69, 9.17) is 9.84 Å². The Morgan fingerprint density at radius 2 is 1.78 bits per heavy atom. The lowest BCUT2D eigenvalue weighted by atomic mass is 10.1. The Morgan fingerprint density at radius 3 is 2.49 bits per heavy atom. The summed E-state index contributed by atoms with van der Waals surface area (Å²) in [4.78, 5) is 40.7. The van der Waals surface area contributed by atoms with Gasteiger partial charge in [-0.25, -0.2) is 24.4 Å². The second-order valence-corrected chi connectivity index (χ2v) is 12.4. The van der Waals surface area contributed by atoms with Crippen LogP contribution in [0.2, 0.25) is 0 Å². The number of aromatic nitrogens is 5.